The van der Waals surface area contributed by atoms with Gasteiger partial charge in [0.1, 0.15) is 0 Å². The van der Waals surface area contributed by atoms with Crippen LogP contribution >= 0.6 is 0 Å². The van der Waals surface area contributed by atoms with E-state index in [0.29, 0.717) is 12.4 Å². The Kier molecular flexibility index (Phi) is 3.10. The van der Waals surface area contributed by atoms with Crippen LogP contribution in [-0.4, -0.2) is 11.7 Å². The Bertz CT molecular complexity index is 503. The van der Waals surface area contributed by atoms with Crippen LogP contribution in [0.2, 0.25) is 0 Å². The van der Waals surface area contributed by atoms with Crippen molar-refractivity contribution in [2.45, 2.75) is 6.42 Å². The highest BCUT2D eigenvalue weighted by molar-refractivity contribution is 5.85. The van der Waals surface area contributed by atoms with E-state index in [2.05, 4.69) is 6.58 Å². The molecule has 2 heteroatoms. The number of ether oxygens (including phenoxy) is 1. The van der Waals surface area contributed by atoms with E-state index in [1.54, 1.807) is 12.1 Å². The second-order valence-corrected chi connectivity index (χ2v) is 3.59. The van der Waals surface area contributed by atoms with Crippen LogP contribution in [0.4, 0.5) is 0 Å². The number of hydrogen-bond donors (Lipinski definition) is 1. The summed E-state index contributed by atoms with van der Waals surface area (Å²) in [6, 6.07) is 11.4. The topological polar surface area (TPSA) is 29.5 Å². The lowest BCUT2D eigenvalue weighted by molar-refractivity contribution is 0.306. The molecular formula is C14H14O2. The van der Waals surface area contributed by atoms with Crippen LogP contribution in [0.1, 0.15) is 6.42 Å². The first-order chi connectivity index (χ1) is 7.81. The SMILES string of the molecule is C=CCCOc1cc2ccccc2cc1O. The number of fused-ring (bicyclic) bond motifs is 1. The summed E-state index contributed by atoms with van der Waals surface area (Å²) in [5.41, 5.74) is 0. The number of benzene rings is 2. The highest BCUT2D eigenvalue weighted by atomic mass is 16.5. The number of aromatic hydroxyl groups is 1. The molecule has 0 saturated heterocycles. The average Bonchev–Trinajstić information content (AvgIpc) is 2.30. The third-order valence-electron chi connectivity index (χ3n) is 2.41. The van der Waals surface area contributed by atoms with Crippen LogP contribution in [0.3, 0.4) is 0 Å². The molecule has 0 amide bonds. The molecule has 0 radical (unpaired) electrons. The van der Waals surface area contributed by atoms with Gasteiger partial charge in [0.15, 0.2) is 11.5 Å². The number of phenolic OH excluding ortho intramolecular Hbond substituents is 1. The summed E-state index contributed by atoms with van der Waals surface area (Å²) in [5.74, 6) is 0.711. The van der Waals surface area contributed by atoms with E-state index in [0.717, 1.165) is 17.2 Å². The zero-order chi connectivity index (χ0) is 11.4. The molecule has 0 unspecified atom stereocenters. The molecule has 0 aromatic heterocycles. The van der Waals surface area contributed by atoms with E-state index in [1.165, 1.54) is 0 Å². The minimum Gasteiger partial charge on any atom is -0.504 e. The molecule has 0 bridgehead atoms. The van der Waals surface area contributed by atoms with Crippen LogP contribution in [-0.2, 0) is 0 Å². The normalized spacial score (nSPS) is 10.2. The minimum absolute atomic E-state index is 0.183. The molecule has 0 aliphatic rings. The van der Waals surface area contributed by atoms with Crippen molar-refractivity contribution >= 4 is 10.8 Å². The molecule has 2 rings (SSSR count). The lowest BCUT2D eigenvalue weighted by atomic mass is 10.1. The zero-order valence-corrected chi connectivity index (χ0v) is 9.02. The molecule has 2 nitrogen and oxygen atoms in total. The number of phenols is 1. The monoisotopic (exact) mass is 214 g/mol. The quantitative estimate of drug-likeness (QED) is 0.623. The lowest BCUT2D eigenvalue weighted by Crippen LogP contribution is -1.95. The van der Waals surface area contributed by atoms with Crippen molar-refractivity contribution < 1.29 is 9.84 Å². The van der Waals surface area contributed by atoms with E-state index in [4.69, 9.17) is 4.74 Å². The summed E-state index contributed by atoms with van der Waals surface area (Å²) in [5, 5.41) is 11.8. The van der Waals surface area contributed by atoms with Crippen molar-refractivity contribution in [2.24, 2.45) is 0 Å². The summed E-state index contributed by atoms with van der Waals surface area (Å²) in [6.45, 7) is 4.16. The first kappa shape index (κ1) is 10.6. The van der Waals surface area contributed by atoms with Gasteiger partial charge < -0.3 is 9.84 Å². The second kappa shape index (κ2) is 4.71. The smallest absolute Gasteiger partial charge is 0.161 e. The molecule has 2 aromatic rings. The van der Waals surface area contributed by atoms with Gasteiger partial charge in [0.25, 0.3) is 0 Å². The zero-order valence-electron chi connectivity index (χ0n) is 9.02. The van der Waals surface area contributed by atoms with E-state index >= 15 is 0 Å². The first-order valence-corrected chi connectivity index (χ1v) is 5.26. The third-order valence-corrected chi connectivity index (χ3v) is 2.41. The Morgan fingerprint density at radius 1 is 1.19 bits per heavy atom. The van der Waals surface area contributed by atoms with Gasteiger partial charge in [0.05, 0.1) is 6.61 Å². The second-order valence-electron chi connectivity index (χ2n) is 3.59. The van der Waals surface area contributed by atoms with Gasteiger partial charge in [0.2, 0.25) is 0 Å². The molecular weight excluding hydrogens is 200 g/mol. The Labute approximate surface area is 94.8 Å². The summed E-state index contributed by atoms with van der Waals surface area (Å²) < 4.78 is 5.46. The van der Waals surface area contributed by atoms with Crippen molar-refractivity contribution in [3.8, 4) is 11.5 Å². The molecule has 82 valence electrons. The van der Waals surface area contributed by atoms with Crippen molar-refractivity contribution in [2.75, 3.05) is 6.61 Å². The third kappa shape index (κ3) is 2.16. The molecule has 1 N–H and O–H groups in total. The van der Waals surface area contributed by atoms with Gasteiger partial charge in [-0.1, -0.05) is 30.3 Å². The Balaban J connectivity index is 2.30. The van der Waals surface area contributed by atoms with E-state index in [-0.39, 0.29) is 5.75 Å². The maximum absolute atomic E-state index is 9.76. The maximum Gasteiger partial charge on any atom is 0.161 e. The Morgan fingerprint density at radius 3 is 2.56 bits per heavy atom. The Morgan fingerprint density at radius 2 is 1.88 bits per heavy atom. The molecule has 0 atom stereocenters. The van der Waals surface area contributed by atoms with Crippen LogP contribution in [0.15, 0.2) is 49.1 Å². The van der Waals surface area contributed by atoms with Gasteiger partial charge in [0, 0.05) is 0 Å². The number of rotatable bonds is 4. The van der Waals surface area contributed by atoms with E-state index in [1.807, 2.05) is 30.3 Å². The van der Waals surface area contributed by atoms with Gasteiger partial charge in [-0.2, -0.15) is 0 Å². The van der Waals surface area contributed by atoms with Crippen molar-refractivity contribution in [3.05, 3.63) is 49.1 Å². The van der Waals surface area contributed by atoms with Crippen molar-refractivity contribution in [1.29, 1.82) is 0 Å². The summed E-state index contributed by atoms with van der Waals surface area (Å²) in [6.07, 6.45) is 2.56. The fraction of sp³-hybridized carbons (Fsp3) is 0.143. The van der Waals surface area contributed by atoms with Gasteiger partial charge in [-0.25, -0.2) is 0 Å². The van der Waals surface area contributed by atoms with Crippen molar-refractivity contribution in [3.63, 3.8) is 0 Å². The number of hydrogen-bond acceptors (Lipinski definition) is 2. The summed E-state index contributed by atoms with van der Waals surface area (Å²) in [4.78, 5) is 0. The predicted octanol–water partition coefficient (Wildman–Crippen LogP) is 3.50. The summed E-state index contributed by atoms with van der Waals surface area (Å²) >= 11 is 0. The largest absolute Gasteiger partial charge is 0.504 e. The molecule has 0 spiro atoms. The van der Waals surface area contributed by atoms with Crippen molar-refractivity contribution in [1.82, 2.24) is 0 Å². The van der Waals surface area contributed by atoms with Gasteiger partial charge in [-0.05, 0) is 29.3 Å². The van der Waals surface area contributed by atoms with Gasteiger partial charge >= 0.3 is 0 Å². The highest BCUT2D eigenvalue weighted by Crippen LogP contribution is 2.31. The van der Waals surface area contributed by atoms with Crippen LogP contribution in [0.5, 0.6) is 11.5 Å². The molecule has 16 heavy (non-hydrogen) atoms. The van der Waals surface area contributed by atoms with E-state index < -0.39 is 0 Å². The molecule has 2 aromatic carbocycles. The summed E-state index contributed by atoms with van der Waals surface area (Å²) in [7, 11) is 0. The first-order valence-electron chi connectivity index (χ1n) is 5.26. The molecule has 0 aliphatic carbocycles. The van der Waals surface area contributed by atoms with Gasteiger partial charge in [-0.15, -0.1) is 6.58 Å². The van der Waals surface area contributed by atoms with Crippen LogP contribution < -0.4 is 4.74 Å². The van der Waals surface area contributed by atoms with Gasteiger partial charge in [-0.3, -0.25) is 0 Å². The predicted molar refractivity (Wildman–Crippen MR) is 65.9 cm³/mol. The fourth-order valence-corrected chi connectivity index (χ4v) is 1.58. The molecule has 0 heterocycles. The van der Waals surface area contributed by atoms with Crippen LogP contribution in [0.25, 0.3) is 10.8 Å². The molecule has 0 aliphatic heterocycles. The Hall–Kier alpha value is -1.96. The minimum atomic E-state index is 0.183. The standard InChI is InChI=1S/C14H14O2/c1-2-3-8-16-14-10-12-7-5-4-6-11(12)9-13(14)15/h2,4-7,9-10,15H,1,3,8H2. The van der Waals surface area contributed by atoms with E-state index in [9.17, 15) is 5.11 Å². The fourth-order valence-electron chi connectivity index (χ4n) is 1.58. The van der Waals surface area contributed by atoms with Crippen LogP contribution in [0, 0.1) is 0 Å². The average molecular weight is 214 g/mol. The molecule has 0 fully saturated rings. The lowest BCUT2D eigenvalue weighted by Gasteiger charge is -2.08. The molecule has 0 saturated carbocycles. The highest BCUT2D eigenvalue weighted by Gasteiger charge is 2.03. The maximum atomic E-state index is 9.76.